The lowest BCUT2D eigenvalue weighted by atomic mass is 10.1. The SMILES string of the molecule is O=C(NNC(=S)Nc1ccccc1F)c1ccc(-c2nnc(-c3ccccc3Cl)o2)cc1. The molecule has 4 aromatic rings. The summed E-state index contributed by atoms with van der Waals surface area (Å²) in [6.07, 6.45) is 0. The smallest absolute Gasteiger partial charge is 0.269 e. The van der Waals surface area contributed by atoms with E-state index in [9.17, 15) is 9.18 Å². The van der Waals surface area contributed by atoms with Crippen LogP contribution in [0.4, 0.5) is 10.1 Å². The first kappa shape index (κ1) is 21.4. The molecule has 0 saturated carbocycles. The number of carbonyl (C=O) groups is 1. The summed E-state index contributed by atoms with van der Waals surface area (Å²) in [7, 11) is 0. The van der Waals surface area contributed by atoms with Gasteiger partial charge >= 0.3 is 0 Å². The third-order valence-electron chi connectivity index (χ3n) is 4.33. The lowest BCUT2D eigenvalue weighted by Crippen LogP contribution is -2.43. The fourth-order valence-corrected chi connectivity index (χ4v) is 3.13. The van der Waals surface area contributed by atoms with Crippen LogP contribution in [0.15, 0.2) is 77.2 Å². The van der Waals surface area contributed by atoms with Gasteiger partial charge in [-0.1, -0.05) is 35.9 Å². The second-order valence-corrected chi connectivity index (χ2v) is 7.30. The maximum atomic E-state index is 13.6. The monoisotopic (exact) mass is 467 g/mol. The Kier molecular flexibility index (Phi) is 6.39. The van der Waals surface area contributed by atoms with Crippen molar-refractivity contribution in [2.45, 2.75) is 0 Å². The molecule has 0 radical (unpaired) electrons. The van der Waals surface area contributed by atoms with Crippen molar-refractivity contribution in [1.29, 1.82) is 0 Å². The van der Waals surface area contributed by atoms with Gasteiger partial charge in [-0.2, -0.15) is 0 Å². The number of halogens is 2. The molecule has 0 aliphatic carbocycles. The molecule has 7 nitrogen and oxygen atoms in total. The first-order valence-electron chi connectivity index (χ1n) is 9.32. The second kappa shape index (κ2) is 9.54. The lowest BCUT2D eigenvalue weighted by Gasteiger charge is -2.12. The minimum absolute atomic E-state index is 0.0398. The third-order valence-corrected chi connectivity index (χ3v) is 4.87. The van der Waals surface area contributed by atoms with E-state index in [2.05, 4.69) is 26.4 Å². The van der Waals surface area contributed by atoms with E-state index in [1.54, 1.807) is 48.5 Å². The van der Waals surface area contributed by atoms with E-state index >= 15 is 0 Å². The van der Waals surface area contributed by atoms with Crippen molar-refractivity contribution in [2.24, 2.45) is 0 Å². The first-order chi connectivity index (χ1) is 15.5. The number of thiocarbonyl (C=S) groups is 1. The largest absolute Gasteiger partial charge is 0.416 e. The summed E-state index contributed by atoms with van der Waals surface area (Å²) in [5.74, 6) is -0.304. The summed E-state index contributed by atoms with van der Waals surface area (Å²) >= 11 is 11.2. The molecule has 0 spiro atoms. The zero-order valence-corrected chi connectivity index (χ0v) is 17.9. The van der Waals surface area contributed by atoms with Gasteiger partial charge in [-0.05, 0) is 60.7 Å². The zero-order valence-electron chi connectivity index (χ0n) is 16.3. The van der Waals surface area contributed by atoms with Crippen molar-refractivity contribution >= 4 is 40.5 Å². The number of benzene rings is 3. The number of hydrogen-bond acceptors (Lipinski definition) is 5. The Morgan fingerprint density at radius 2 is 1.59 bits per heavy atom. The standard InChI is InChI=1S/C22H15ClFN5O2S/c23-16-6-2-1-5-15(16)21-28-27-20(31-21)14-11-9-13(10-12-14)19(30)26-29-22(32)25-18-8-4-3-7-17(18)24/h1-12H,(H,26,30)(H2,25,29,32). The molecule has 0 atom stereocenters. The molecule has 1 amide bonds. The van der Waals surface area contributed by atoms with Crippen LogP contribution in [0.3, 0.4) is 0 Å². The minimum atomic E-state index is -0.461. The van der Waals surface area contributed by atoms with Crippen LogP contribution in [0.2, 0.25) is 5.02 Å². The molecule has 1 aromatic heterocycles. The number of rotatable bonds is 4. The van der Waals surface area contributed by atoms with Crippen LogP contribution in [0.5, 0.6) is 0 Å². The van der Waals surface area contributed by atoms with Crippen LogP contribution in [-0.2, 0) is 0 Å². The summed E-state index contributed by atoms with van der Waals surface area (Å²) in [6, 6.07) is 19.7. The summed E-state index contributed by atoms with van der Waals surface area (Å²) in [5.41, 5.74) is 6.80. The highest BCUT2D eigenvalue weighted by Crippen LogP contribution is 2.29. The van der Waals surface area contributed by atoms with Crippen molar-refractivity contribution in [1.82, 2.24) is 21.0 Å². The fraction of sp³-hybridized carbons (Fsp3) is 0. The zero-order chi connectivity index (χ0) is 22.5. The van der Waals surface area contributed by atoms with Gasteiger partial charge in [0.05, 0.1) is 16.3 Å². The molecule has 0 aliphatic rings. The third kappa shape index (κ3) is 4.90. The number of nitrogens with one attached hydrogen (secondary N) is 3. The number of anilines is 1. The van der Waals surface area contributed by atoms with Crippen molar-refractivity contribution < 1.29 is 13.6 Å². The number of hydrogen-bond donors (Lipinski definition) is 3. The lowest BCUT2D eigenvalue weighted by molar-refractivity contribution is 0.0944. The highest BCUT2D eigenvalue weighted by molar-refractivity contribution is 7.80. The Balaban J connectivity index is 1.37. The van der Waals surface area contributed by atoms with E-state index in [1.165, 1.54) is 12.1 Å². The van der Waals surface area contributed by atoms with Gasteiger partial charge in [0.1, 0.15) is 5.82 Å². The molecule has 0 saturated heterocycles. The maximum absolute atomic E-state index is 13.6. The first-order valence-corrected chi connectivity index (χ1v) is 10.1. The van der Waals surface area contributed by atoms with Crippen LogP contribution in [0, 0.1) is 5.82 Å². The van der Waals surface area contributed by atoms with Gasteiger partial charge in [0.2, 0.25) is 11.8 Å². The van der Waals surface area contributed by atoms with Crippen LogP contribution < -0.4 is 16.2 Å². The molecule has 0 bridgehead atoms. The van der Waals surface area contributed by atoms with Gasteiger partial charge < -0.3 is 9.73 Å². The average Bonchev–Trinajstić information content (AvgIpc) is 3.29. The van der Waals surface area contributed by atoms with Gasteiger partial charge in [-0.3, -0.25) is 15.6 Å². The molecule has 0 aliphatic heterocycles. The molecule has 0 fully saturated rings. The summed E-state index contributed by atoms with van der Waals surface area (Å²) in [5, 5.41) is 11.3. The molecular formula is C22H15ClFN5O2S. The van der Waals surface area contributed by atoms with Crippen LogP contribution >= 0.6 is 23.8 Å². The molecule has 3 N–H and O–H groups in total. The Hall–Kier alpha value is -3.82. The molecule has 32 heavy (non-hydrogen) atoms. The predicted molar refractivity (Wildman–Crippen MR) is 123 cm³/mol. The molecule has 0 unspecified atom stereocenters. The highest BCUT2D eigenvalue weighted by Gasteiger charge is 2.14. The van der Waals surface area contributed by atoms with Gasteiger partial charge in [0, 0.05) is 11.1 Å². The number of carbonyl (C=O) groups excluding carboxylic acids is 1. The van der Waals surface area contributed by atoms with Crippen molar-refractivity contribution in [2.75, 3.05) is 5.32 Å². The highest BCUT2D eigenvalue weighted by atomic mass is 35.5. The molecule has 4 rings (SSSR count). The minimum Gasteiger partial charge on any atom is -0.416 e. The summed E-state index contributed by atoms with van der Waals surface area (Å²) in [4.78, 5) is 12.3. The van der Waals surface area contributed by atoms with Gasteiger partial charge in [-0.15, -0.1) is 10.2 Å². The van der Waals surface area contributed by atoms with E-state index in [1.807, 2.05) is 12.1 Å². The Morgan fingerprint density at radius 1 is 0.906 bits per heavy atom. The molecule has 10 heteroatoms. The number of para-hydroxylation sites is 1. The average molecular weight is 468 g/mol. The predicted octanol–water partition coefficient (Wildman–Crippen LogP) is 4.83. The van der Waals surface area contributed by atoms with E-state index < -0.39 is 11.7 Å². The van der Waals surface area contributed by atoms with Gasteiger partial charge in [0.25, 0.3) is 5.91 Å². The molecule has 3 aromatic carbocycles. The molecular weight excluding hydrogens is 453 g/mol. The van der Waals surface area contributed by atoms with Crippen molar-refractivity contribution in [3.8, 4) is 22.9 Å². The second-order valence-electron chi connectivity index (χ2n) is 6.48. The Labute approximate surface area is 192 Å². The molecule has 1 heterocycles. The van der Waals surface area contributed by atoms with Crippen LogP contribution in [0.1, 0.15) is 10.4 Å². The van der Waals surface area contributed by atoms with Gasteiger partial charge in [0.15, 0.2) is 5.11 Å². The summed E-state index contributed by atoms with van der Waals surface area (Å²) in [6.45, 7) is 0. The van der Waals surface area contributed by atoms with Gasteiger partial charge in [-0.25, -0.2) is 4.39 Å². The number of aromatic nitrogens is 2. The number of hydrazine groups is 1. The van der Waals surface area contributed by atoms with E-state index in [0.29, 0.717) is 33.5 Å². The van der Waals surface area contributed by atoms with Crippen LogP contribution in [-0.4, -0.2) is 21.2 Å². The Bertz CT molecular complexity index is 1280. The van der Waals surface area contributed by atoms with Crippen molar-refractivity contribution in [3.05, 3.63) is 89.2 Å². The number of amides is 1. The normalized spacial score (nSPS) is 10.4. The quantitative estimate of drug-likeness (QED) is 0.292. The van der Waals surface area contributed by atoms with Crippen molar-refractivity contribution in [3.63, 3.8) is 0 Å². The topological polar surface area (TPSA) is 92.1 Å². The Morgan fingerprint density at radius 3 is 2.34 bits per heavy atom. The molecule has 160 valence electrons. The van der Waals surface area contributed by atoms with E-state index in [-0.39, 0.29) is 10.8 Å². The van der Waals surface area contributed by atoms with E-state index in [4.69, 9.17) is 28.2 Å². The number of nitrogens with zero attached hydrogens (tertiary/aromatic N) is 2. The van der Waals surface area contributed by atoms with Crippen LogP contribution in [0.25, 0.3) is 22.9 Å². The summed E-state index contributed by atoms with van der Waals surface area (Å²) < 4.78 is 19.4. The maximum Gasteiger partial charge on any atom is 0.269 e. The fourth-order valence-electron chi connectivity index (χ4n) is 2.75. The van der Waals surface area contributed by atoms with E-state index in [0.717, 1.165) is 0 Å².